The van der Waals surface area contributed by atoms with Crippen molar-refractivity contribution in [3.8, 4) is 5.75 Å². The number of carbonyl (C=O) groups excluding carboxylic acids is 1. The molecule has 0 bridgehead atoms. The summed E-state index contributed by atoms with van der Waals surface area (Å²) in [7, 11) is 0. The molecule has 0 aromatic heterocycles. The molecule has 0 heterocycles. The van der Waals surface area contributed by atoms with Crippen LogP contribution in [0.2, 0.25) is 0 Å². The largest absolute Gasteiger partial charge is 0.480 e. The Labute approximate surface area is 157 Å². The van der Waals surface area contributed by atoms with E-state index in [0.29, 0.717) is 18.9 Å². The predicted molar refractivity (Wildman–Crippen MR) is 108 cm³/mol. The van der Waals surface area contributed by atoms with Crippen molar-refractivity contribution in [2.24, 2.45) is 0 Å². The fourth-order valence-electron chi connectivity index (χ4n) is 2.84. The molecule has 1 N–H and O–H groups in total. The maximum atomic E-state index is 12.5. The van der Waals surface area contributed by atoms with Gasteiger partial charge in [0, 0.05) is 6.54 Å². The summed E-state index contributed by atoms with van der Waals surface area (Å²) in [5.74, 6) is 1.28. The highest BCUT2D eigenvalue weighted by Crippen LogP contribution is 2.22. The number of carbonyl (C=O) groups is 1. The molecule has 0 fully saturated rings. The number of rotatable bonds is 8. The second-order valence-corrected chi connectivity index (χ2v) is 7.15. The third-order valence-electron chi connectivity index (χ3n) is 4.85. The number of ether oxygens (including phenoxy) is 1. The first-order chi connectivity index (χ1) is 12.4. The third kappa shape index (κ3) is 5.35. The molecule has 1 unspecified atom stereocenters. The Morgan fingerprint density at radius 1 is 1.08 bits per heavy atom. The average molecular weight is 354 g/mol. The lowest BCUT2D eigenvalue weighted by atomic mass is 10.0. The molecule has 0 aliphatic carbocycles. The lowest BCUT2D eigenvalue weighted by molar-refractivity contribution is -0.128. The highest BCUT2D eigenvalue weighted by molar-refractivity contribution is 5.81. The van der Waals surface area contributed by atoms with Crippen LogP contribution in [0.15, 0.2) is 42.5 Å². The summed E-state index contributed by atoms with van der Waals surface area (Å²) in [6.07, 6.45) is 1.01. The number of benzene rings is 2. The van der Waals surface area contributed by atoms with Crippen LogP contribution >= 0.6 is 0 Å². The first-order valence-electron chi connectivity index (χ1n) is 9.51. The van der Waals surface area contributed by atoms with Crippen molar-refractivity contribution in [1.82, 2.24) is 5.32 Å². The quantitative estimate of drug-likeness (QED) is 0.730. The van der Waals surface area contributed by atoms with Crippen molar-refractivity contribution >= 4 is 5.91 Å². The highest BCUT2D eigenvalue weighted by Gasteiger charge is 2.19. The molecule has 2 rings (SSSR count). The van der Waals surface area contributed by atoms with Gasteiger partial charge in [-0.2, -0.15) is 0 Å². The molecule has 1 atom stereocenters. The van der Waals surface area contributed by atoms with Gasteiger partial charge in [0.15, 0.2) is 6.10 Å². The Morgan fingerprint density at radius 3 is 2.38 bits per heavy atom. The van der Waals surface area contributed by atoms with Crippen LogP contribution in [0.4, 0.5) is 0 Å². The van der Waals surface area contributed by atoms with Gasteiger partial charge in [0.05, 0.1) is 0 Å². The van der Waals surface area contributed by atoms with Crippen LogP contribution < -0.4 is 10.1 Å². The van der Waals surface area contributed by atoms with Crippen molar-refractivity contribution in [3.63, 3.8) is 0 Å². The number of aryl methyl sites for hydroxylation is 1. The topological polar surface area (TPSA) is 38.3 Å². The van der Waals surface area contributed by atoms with Crippen LogP contribution in [-0.2, 0) is 11.2 Å². The van der Waals surface area contributed by atoms with Crippen LogP contribution in [0.1, 0.15) is 55.4 Å². The molecule has 0 saturated heterocycles. The monoisotopic (exact) mass is 353 g/mol. The van der Waals surface area contributed by atoms with Gasteiger partial charge in [-0.15, -0.1) is 0 Å². The zero-order valence-corrected chi connectivity index (χ0v) is 16.6. The molecule has 2 aromatic rings. The van der Waals surface area contributed by atoms with E-state index in [0.717, 1.165) is 17.7 Å². The molecular formula is C23H31NO2. The van der Waals surface area contributed by atoms with E-state index in [1.807, 2.05) is 39.0 Å². The summed E-state index contributed by atoms with van der Waals surface area (Å²) in [5, 5.41) is 3.01. The normalized spacial score (nSPS) is 12.1. The van der Waals surface area contributed by atoms with E-state index in [-0.39, 0.29) is 5.91 Å². The minimum absolute atomic E-state index is 0.0489. The average Bonchev–Trinajstić information content (AvgIpc) is 2.63. The molecule has 3 nitrogen and oxygen atoms in total. The minimum atomic E-state index is -0.459. The second kappa shape index (κ2) is 9.42. The van der Waals surface area contributed by atoms with Gasteiger partial charge in [-0.25, -0.2) is 0 Å². The number of hydrogen-bond acceptors (Lipinski definition) is 2. The number of amides is 1. The minimum Gasteiger partial charge on any atom is -0.480 e. The lowest BCUT2D eigenvalue weighted by Crippen LogP contribution is -2.39. The lowest BCUT2D eigenvalue weighted by Gasteiger charge is -2.19. The standard InChI is InChI=1S/C23H31NO2/c1-6-21(26-22-9-7-8-17(4)18(22)5)23(25)24-15-14-19-10-12-20(13-11-19)16(2)3/h7-13,16,21H,6,14-15H2,1-5H3,(H,24,25). The van der Waals surface area contributed by atoms with Crippen LogP contribution in [0, 0.1) is 13.8 Å². The molecule has 26 heavy (non-hydrogen) atoms. The zero-order valence-electron chi connectivity index (χ0n) is 16.6. The van der Waals surface area contributed by atoms with E-state index in [1.165, 1.54) is 16.7 Å². The summed E-state index contributed by atoms with van der Waals surface area (Å²) < 4.78 is 5.97. The van der Waals surface area contributed by atoms with Crippen molar-refractivity contribution < 1.29 is 9.53 Å². The summed E-state index contributed by atoms with van der Waals surface area (Å²) in [6, 6.07) is 14.6. The Balaban J connectivity index is 1.87. The predicted octanol–water partition coefficient (Wildman–Crippen LogP) is 4.94. The van der Waals surface area contributed by atoms with E-state index in [2.05, 4.69) is 43.4 Å². The van der Waals surface area contributed by atoms with Crippen molar-refractivity contribution in [1.29, 1.82) is 0 Å². The molecule has 3 heteroatoms. The van der Waals surface area contributed by atoms with E-state index < -0.39 is 6.10 Å². The smallest absolute Gasteiger partial charge is 0.261 e. The van der Waals surface area contributed by atoms with Crippen LogP contribution in [0.25, 0.3) is 0 Å². The third-order valence-corrected chi connectivity index (χ3v) is 4.85. The molecule has 2 aromatic carbocycles. The SMILES string of the molecule is CCC(Oc1cccc(C)c1C)C(=O)NCCc1ccc(C(C)C)cc1. The van der Waals surface area contributed by atoms with E-state index in [4.69, 9.17) is 4.74 Å². The summed E-state index contributed by atoms with van der Waals surface area (Å²) in [5.41, 5.74) is 4.83. The highest BCUT2D eigenvalue weighted by atomic mass is 16.5. The molecule has 0 aliphatic heterocycles. The summed E-state index contributed by atoms with van der Waals surface area (Å²) in [6.45, 7) is 11.0. The van der Waals surface area contributed by atoms with Crippen LogP contribution in [0.3, 0.4) is 0 Å². The van der Waals surface area contributed by atoms with Gasteiger partial charge in [0.2, 0.25) is 0 Å². The Hall–Kier alpha value is -2.29. The fraction of sp³-hybridized carbons (Fsp3) is 0.435. The van der Waals surface area contributed by atoms with Crippen LogP contribution in [-0.4, -0.2) is 18.6 Å². The first-order valence-corrected chi connectivity index (χ1v) is 9.51. The summed E-state index contributed by atoms with van der Waals surface area (Å²) in [4.78, 5) is 12.5. The van der Waals surface area contributed by atoms with Gasteiger partial charge in [-0.05, 0) is 60.9 Å². The fourth-order valence-corrected chi connectivity index (χ4v) is 2.84. The molecule has 0 spiro atoms. The molecule has 0 aliphatic rings. The maximum absolute atomic E-state index is 12.5. The van der Waals surface area contributed by atoms with Gasteiger partial charge in [0.25, 0.3) is 5.91 Å². The maximum Gasteiger partial charge on any atom is 0.261 e. The van der Waals surface area contributed by atoms with Gasteiger partial charge < -0.3 is 10.1 Å². The zero-order chi connectivity index (χ0) is 19.1. The van der Waals surface area contributed by atoms with Crippen molar-refractivity contribution in [2.45, 2.75) is 59.5 Å². The van der Waals surface area contributed by atoms with Crippen LogP contribution in [0.5, 0.6) is 5.75 Å². The first kappa shape index (κ1) is 20.0. The second-order valence-electron chi connectivity index (χ2n) is 7.15. The molecule has 0 radical (unpaired) electrons. The van der Waals surface area contributed by atoms with Crippen molar-refractivity contribution in [2.75, 3.05) is 6.54 Å². The molecule has 1 amide bonds. The van der Waals surface area contributed by atoms with Gasteiger partial charge in [-0.1, -0.05) is 57.2 Å². The van der Waals surface area contributed by atoms with Gasteiger partial charge in [0.1, 0.15) is 5.75 Å². The Bertz CT molecular complexity index is 719. The summed E-state index contributed by atoms with van der Waals surface area (Å²) >= 11 is 0. The Morgan fingerprint density at radius 2 is 1.77 bits per heavy atom. The van der Waals surface area contributed by atoms with E-state index in [9.17, 15) is 4.79 Å². The van der Waals surface area contributed by atoms with Gasteiger partial charge in [-0.3, -0.25) is 4.79 Å². The van der Waals surface area contributed by atoms with E-state index >= 15 is 0 Å². The molecule has 0 saturated carbocycles. The number of hydrogen-bond donors (Lipinski definition) is 1. The van der Waals surface area contributed by atoms with Crippen molar-refractivity contribution in [3.05, 3.63) is 64.7 Å². The molecule has 140 valence electrons. The van der Waals surface area contributed by atoms with Gasteiger partial charge >= 0.3 is 0 Å². The number of nitrogens with one attached hydrogen (secondary N) is 1. The Kier molecular flexibility index (Phi) is 7.26. The van der Waals surface area contributed by atoms with E-state index in [1.54, 1.807) is 0 Å². The molecular weight excluding hydrogens is 322 g/mol.